The van der Waals surface area contributed by atoms with Crippen LogP contribution in [-0.2, 0) is 22.4 Å². The average Bonchev–Trinajstić information content (AvgIpc) is 2.75. The van der Waals surface area contributed by atoms with Gasteiger partial charge < -0.3 is 20.3 Å². The fraction of sp³-hybridized carbons (Fsp3) is 0.435. The van der Waals surface area contributed by atoms with Crippen molar-refractivity contribution >= 4 is 23.0 Å². The molecule has 1 aliphatic rings. The van der Waals surface area contributed by atoms with Crippen LogP contribution in [0.3, 0.4) is 0 Å². The first-order chi connectivity index (χ1) is 13.7. The van der Waals surface area contributed by atoms with Gasteiger partial charge in [-0.3, -0.25) is 4.79 Å². The molecule has 3 rings (SSSR count). The van der Waals surface area contributed by atoms with Gasteiger partial charge in [0.2, 0.25) is 5.91 Å². The van der Waals surface area contributed by atoms with Crippen LogP contribution in [-0.4, -0.2) is 38.8 Å². The first-order valence-electron chi connectivity index (χ1n) is 10.3. The van der Waals surface area contributed by atoms with Gasteiger partial charge in [0, 0.05) is 31.7 Å². The molecule has 28 heavy (non-hydrogen) atoms. The van der Waals surface area contributed by atoms with E-state index in [1.54, 1.807) is 0 Å². The summed E-state index contributed by atoms with van der Waals surface area (Å²) in [6.45, 7) is 8.15. The molecule has 0 atom stereocenters. The van der Waals surface area contributed by atoms with E-state index in [0.717, 1.165) is 50.5 Å². The summed E-state index contributed by atoms with van der Waals surface area (Å²) < 4.78 is 5.45. The molecule has 1 saturated heterocycles. The number of anilines is 3. The first kappa shape index (κ1) is 20.2. The lowest BCUT2D eigenvalue weighted by molar-refractivity contribution is -0.115. The number of benzene rings is 2. The Kier molecular flexibility index (Phi) is 7.31. The van der Waals surface area contributed by atoms with Gasteiger partial charge in [-0.2, -0.15) is 0 Å². The van der Waals surface area contributed by atoms with Crippen LogP contribution in [0.2, 0.25) is 0 Å². The predicted molar refractivity (Wildman–Crippen MR) is 116 cm³/mol. The van der Waals surface area contributed by atoms with Gasteiger partial charge in [-0.25, -0.2) is 0 Å². The van der Waals surface area contributed by atoms with Gasteiger partial charge in [0.1, 0.15) is 0 Å². The molecule has 150 valence electrons. The molecule has 5 heteroatoms. The van der Waals surface area contributed by atoms with Gasteiger partial charge >= 0.3 is 0 Å². The summed E-state index contributed by atoms with van der Waals surface area (Å²) in [5.74, 6) is 0.0481. The van der Waals surface area contributed by atoms with Crippen molar-refractivity contribution in [1.82, 2.24) is 0 Å². The Morgan fingerprint density at radius 3 is 2.36 bits per heavy atom. The fourth-order valence-corrected chi connectivity index (χ4v) is 3.62. The minimum Gasteiger partial charge on any atom is -0.383 e. The average molecular weight is 382 g/mol. The fourth-order valence-electron chi connectivity index (χ4n) is 3.62. The number of carbonyl (C=O) groups is 1. The molecule has 0 aliphatic carbocycles. The van der Waals surface area contributed by atoms with E-state index in [4.69, 9.17) is 4.74 Å². The molecule has 1 fully saturated rings. The number of rotatable bonds is 8. The summed E-state index contributed by atoms with van der Waals surface area (Å²) in [5, 5.41) is 6.58. The van der Waals surface area contributed by atoms with Crippen molar-refractivity contribution in [2.45, 2.75) is 33.1 Å². The van der Waals surface area contributed by atoms with E-state index >= 15 is 0 Å². The molecular weight excluding hydrogens is 350 g/mol. The highest BCUT2D eigenvalue weighted by molar-refractivity contribution is 5.92. The van der Waals surface area contributed by atoms with Crippen molar-refractivity contribution in [3.63, 3.8) is 0 Å². The van der Waals surface area contributed by atoms with E-state index in [-0.39, 0.29) is 5.91 Å². The molecule has 2 aromatic carbocycles. The number of nitrogens with zero attached hydrogens (tertiary/aromatic N) is 1. The largest absolute Gasteiger partial charge is 0.383 e. The van der Waals surface area contributed by atoms with E-state index in [2.05, 4.69) is 65.8 Å². The van der Waals surface area contributed by atoms with Gasteiger partial charge in [0.05, 0.1) is 24.6 Å². The Morgan fingerprint density at radius 1 is 1.00 bits per heavy atom. The number of aryl methyl sites for hydroxylation is 2. The molecule has 2 aromatic rings. The third-order valence-electron chi connectivity index (χ3n) is 5.19. The lowest BCUT2D eigenvalue weighted by Crippen LogP contribution is -2.36. The van der Waals surface area contributed by atoms with E-state index < -0.39 is 0 Å². The summed E-state index contributed by atoms with van der Waals surface area (Å²) in [5.41, 5.74) is 5.62. The highest BCUT2D eigenvalue weighted by Gasteiger charge is 2.15. The van der Waals surface area contributed by atoms with E-state index in [9.17, 15) is 4.79 Å². The number of carbonyl (C=O) groups excluding carboxylic acids is 1. The van der Waals surface area contributed by atoms with Gasteiger partial charge in [-0.05, 0) is 36.1 Å². The van der Waals surface area contributed by atoms with Crippen molar-refractivity contribution in [3.05, 3.63) is 53.6 Å². The van der Waals surface area contributed by atoms with Gasteiger partial charge in [-0.15, -0.1) is 0 Å². The molecular formula is C23H31N3O2. The van der Waals surface area contributed by atoms with Crippen LogP contribution in [0.5, 0.6) is 0 Å². The maximum Gasteiger partial charge on any atom is 0.226 e. The van der Waals surface area contributed by atoms with E-state index in [1.165, 1.54) is 16.8 Å². The molecule has 0 radical (unpaired) electrons. The monoisotopic (exact) mass is 381 g/mol. The lowest BCUT2D eigenvalue weighted by atomic mass is 10.0. The maximum absolute atomic E-state index is 12.5. The van der Waals surface area contributed by atoms with Gasteiger partial charge in [-0.1, -0.05) is 44.2 Å². The third-order valence-corrected chi connectivity index (χ3v) is 5.19. The van der Waals surface area contributed by atoms with Gasteiger partial charge in [0.25, 0.3) is 0 Å². The molecule has 0 bridgehead atoms. The molecule has 1 heterocycles. The summed E-state index contributed by atoms with van der Waals surface area (Å²) in [6, 6.07) is 14.5. The molecule has 0 saturated carbocycles. The standard InChI is InChI=1S/C23H31N3O2/c1-3-18-8-7-9-19(4-2)23(18)25-22(27)12-13-24-20-10-5-6-11-21(20)26-14-16-28-17-15-26/h5-11,24H,3-4,12-17H2,1-2H3,(H,25,27). The normalized spacial score (nSPS) is 14.0. The second-order valence-electron chi connectivity index (χ2n) is 7.00. The van der Waals surface area contributed by atoms with Crippen molar-refractivity contribution in [3.8, 4) is 0 Å². The van der Waals surface area contributed by atoms with Crippen molar-refractivity contribution < 1.29 is 9.53 Å². The zero-order valence-corrected chi connectivity index (χ0v) is 17.0. The van der Waals surface area contributed by atoms with E-state index in [0.29, 0.717) is 13.0 Å². The van der Waals surface area contributed by atoms with Crippen LogP contribution < -0.4 is 15.5 Å². The molecule has 0 aromatic heterocycles. The van der Waals surface area contributed by atoms with Crippen LogP contribution in [0.25, 0.3) is 0 Å². The Bertz CT molecular complexity index is 763. The quantitative estimate of drug-likeness (QED) is 0.723. The van der Waals surface area contributed by atoms with Crippen LogP contribution in [0.1, 0.15) is 31.4 Å². The third kappa shape index (κ3) is 5.04. The SMILES string of the molecule is CCc1cccc(CC)c1NC(=O)CCNc1ccccc1N1CCOCC1. The zero-order chi connectivity index (χ0) is 19.8. The minimum absolute atomic E-state index is 0.0481. The van der Waals surface area contributed by atoms with Crippen molar-refractivity contribution in [1.29, 1.82) is 0 Å². The maximum atomic E-state index is 12.5. The number of amides is 1. The second-order valence-corrected chi connectivity index (χ2v) is 7.00. The molecule has 5 nitrogen and oxygen atoms in total. The molecule has 1 aliphatic heterocycles. The predicted octanol–water partition coefficient (Wildman–Crippen LogP) is 4.09. The van der Waals surface area contributed by atoms with Crippen molar-refractivity contribution in [2.24, 2.45) is 0 Å². The summed E-state index contributed by atoms with van der Waals surface area (Å²) >= 11 is 0. The summed E-state index contributed by atoms with van der Waals surface area (Å²) in [7, 11) is 0. The summed E-state index contributed by atoms with van der Waals surface area (Å²) in [4.78, 5) is 14.9. The van der Waals surface area contributed by atoms with Crippen LogP contribution in [0.4, 0.5) is 17.1 Å². The highest BCUT2D eigenvalue weighted by Crippen LogP contribution is 2.26. The summed E-state index contributed by atoms with van der Waals surface area (Å²) in [6.07, 6.45) is 2.25. The number of para-hydroxylation sites is 3. The molecule has 2 N–H and O–H groups in total. The van der Waals surface area contributed by atoms with Crippen LogP contribution in [0, 0.1) is 0 Å². The second kappa shape index (κ2) is 10.1. The zero-order valence-electron chi connectivity index (χ0n) is 17.0. The number of nitrogens with one attached hydrogen (secondary N) is 2. The highest BCUT2D eigenvalue weighted by atomic mass is 16.5. The van der Waals surface area contributed by atoms with E-state index in [1.807, 2.05) is 6.07 Å². The first-order valence-corrected chi connectivity index (χ1v) is 10.3. The number of hydrogen-bond donors (Lipinski definition) is 2. The van der Waals surface area contributed by atoms with Gasteiger partial charge in [0.15, 0.2) is 0 Å². The van der Waals surface area contributed by atoms with Crippen LogP contribution >= 0.6 is 0 Å². The number of hydrogen-bond acceptors (Lipinski definition) is 4. The Balaban J connectivity index is 1.58. The Hall–Kier alpha value is -2.53. The van der Waals surface area contributed by atoms with Crippen molar-refractivity contribution in [2.75, 3.05) is 48.4 Å². The Morgan fingerprint density at radius 2 is 1.68 bits per heavy atom. The minimum atomic E-state index is 0.0481. The van der Waals surface area contributed by atoms with Crippen LogP contribution in [0.15, 0.2) is 42.5 Å². The Labute approximate surface area is 168 Å². The molecule has 0 unspecified atom stereocenters. The smallest absolute Gasteiger partial charge is 0.226 e. The number of ether oxygens (including phenoxy) is 1. The topological polar surface area (TPSA) is 53.6 Å². The number of morpholine rings is 1. The molecule has 1 amide bonds. The molecule has 0 spiro atoms. The lowest BCUT2D eigenvalue weighted by Gasteiger charge is -2.30.